The quantitative estimate of drug-likeness (QED) is 0.870. The van der Waals surface area contributed by atoms with Crippen LogP contribution in [0.15, 0.2) is 30.7 Å². The van der Waals surface area contributed by atoms with E-state index in [9.17, 15) is 9.90 Å². The van der Waals surface area contributed by atoms with Crippen LogP contribution in [0.25, 0.3) is 0 Å². The van der Waals surface area contributed by atoms with Crippen molar-refractivity contribution in [2.24, 2.45) is 0 Å². The lowest BCUT2D eigenvalue weighted by Crippen LogP contribution is -2.45. The van der Waals surface area contributed by atoms with Crippen molar-refractivity contribution in [2.45, 2.75) is 70.2 Å². The summed E-state index contributed by atoms with van der Waals surface area (Å²) in [6.45, 7) is 5.29. The molecule has 7 heteroatoms. The fourth-order valence-electron chi connectivity index (χ4n) is 3.36. The molecule has 2 N–H and O–H groups in total. The number of carbonyl (C=O) groups is 1. The Balaban J connectivity index is 1.73. The highest BCUT2D eigenvalue weighted by Crippen LogP contribution is 2.29. The molecule has 0 unspecified atom stereocenters. The number of aromatic nitrogens is 4. The molecule has 0 aliphatic heterocycles. The predicted molar refractivity (Wildman–Crippen MR) is 93.8 cm³/mol. The van der Waals surface area contributed by atoms with E-state index in [1.54, 1.807) is 24.7 Å². The number of hydrogen-bond donors (Lipinski definition) is 2. The highest BCUT2D eigenvalue weighted by atomic mass is 16.3. The fourth-order valence-corrected chi connectivity index (χ4v) is 3.36. The molecule has 1 aliphatic rings. The molecule has 25 heavy (non-hydrogen) atoms. The molecule has 0 bridgehead atoms. The second kappa shape index (κ2) is 7.00. The van der Waals surface area contributed by atoms with Crippen molar-refractivity contribution < 1.29 is 9.90 Å². The number of nitrogens with zero attached hydrogens (tertiary/aromatic N) is 4. The first-order valence-corrected chi connectivity index (χ1v) is 8.94. The van der Waals surface area contributed by atoms with Crippen molar-refractivity contribution in [3.8, 4) is 0 Å². The van der Waals surface area contributed by atoms with E-state index < -0.39 is 5.60 Å². The third kappa shape index (κ3) is 3.92. The van der Waals surface area contributed by atoms with Crippen LogP contribution in [0.2, 0.25) is 0 Å². The summed E-state index contributed by atoms with van der Waals surface area (Å²) in [6.07, 6.45) is 9.65. The highest BCUT2D eigenvalue weighted by Gasteiger charge is 2.31. The van der Waals surface area contributed by atoms with Crippen LogP contribution in [0.1, 0.15) is 64.2 Å². The largest absolute Gasteiger partial charge is 0.384 e. The third-order valence-electron chi connectivity index (χ3n) is 4.99. The summed E-state index contributed by atoms with van der Waals surface area (Å²) < 4.78 is 3.70. The van der Waals surface area contributed by atoms with Crippen LogP contribution >= 0.6 is 0 Å². The molecule has 3 atom stereocenters. The smallest absolute Gasteiger partial charge is 0.243 e. The zero-order valence-corrected chi connectivity index (χ0v) is 15.1. The van der Waals surface area contributed by atoms with Gasteiger partial charge in [-0.3, -0.25) is 4.79 Å². The van der Waals surface area contributed by atoms with Crippen molar-refractivity contribution in [3.63, 3.8) is 0 Å². The standard InChI is InChI=1S/C18H27N5O2/c1-13(22-10-6-7-11-22)17(24)19-14-8-4-5-9-15(14)23-12-16(20-21-23)18(2,3)25/h6-7,10-15,25H,4-5,8-9H2,1-3H3,(H,19,24)/t13-,14-,15+/m0/s1. The minimum absolute atomic E-state index is 0.0101. The zero-order valence-electron chi connectivity index (χ0n) is 15.1. The summed E-state index contributed by atoms with van der Waals surface area (Å²) in [5.41, 5.74) is -0.474. The predicted octanol–water partition coefficient (Wildman–Crippen LogP) is 2.17. The molecule has 136 valence electrons. The summed E-state index contributed by atoms with van der Waals surface area (Å²) in [4.78, 5) is 12.6. The number of nitrogens with one attached hydrogen (secondary N) is 1. The molecule has 1 fully saturated rings. The molecule has 0 saturated heterocycles. The van der Waals surface area contributed by atoms with Gasteiger partial charge in [0, 0.05) is 12.4 Å². The number of aliphatic hydroxyl groups is 1. The molecule has 2 aromatic rings. The topological polar surface area (TPSA) is 85.0 Å². The molecule has 2 heterocycles. The van der Waals surface area contributed by atoms with E-state index in [4.69, 9.17) is 0 Å². The Morgan fingerprint density at radius 2 is 2.00 bits per heavy atom. The number of hydrogen-bond acceptors (Lipinski definition) is 4. The average molecular weight is 345 g/mol. The van der Waals surface area contributed by atoms with Gasteiger partial charge < -0.3 is 15.0 Å². The van der Waals surface area contributed by atoms with Gasteiger partial charge in [0.15, 0.2) is 0 Å². The van der Waals surface area contributed by atoms with Crippen molar-refractivity contribution in [1.82, 2.24) is 24.9 Å². The van der Waals surface area contributed by atoms with Gasteiger partial charge in [-0.2, -0.15) is 0 Å². The van der Waals surface area contributed by atoms with Gasteiger partial charge in [-0.1, -0.05) is 18.1 Å². The van der Waals surface area contributed by atoms with Gasteiger partial charge in [0.2, 0.25) is 5.91 Å². The Bertz CT molecular complexity index is 701. The second-order valence-electron chi connectivity index (χ2n) is 7.42. The van der Waals surface area contributed by atoms with Crippen molar-refractivity contribution in [1.29, 1.82) is 0 Å². The van der Waals surface area contributed by atoms with Crippen LogP contribution in [0, 0.1) is 0 Å². The van der Waals surface area contributed by atoms with Gasteiger partial charge in [-0.05, 0) is 45.7 Å². The molecule has 3 rings (SSSR count). The Morgan fingerprint density at radius 1 is 1.32 bits per heavy atom. The van der Waals surface area contributed by atoms with E-state index in [1.807, 2.05) is 36.0 Å². The molecule has 7 nitrogen and oxygen atoms in total. The van der Waals surface area contributed by atoms with Crippen LogP contribution < -0.4 is 5.32 Å². The summed E-state index contributed by atoms with van der Waals surface area (Å²) in [5, 5.41) is 21.6. The summed E-state index contributed by atoms with van der Waals surface area (Å²) in [5.74, 6) is 0.0101. The maximum absolute atomic E-state index is 12.6. The van der Waals surface area contributed by atoms with E-state index in [-0.39, 0.29) is 24.0 Å². The fraction of sp³-hybridized carbons (Fsp3) is 0.611. The van der Waals surface area contributed by atoms with E-state index in [0.29, 0.717) is 5.69 Å². The van der Waals surface area contributed by atoms with Crippen LogP contribution in [0.3, 0.4) is 0 Å². The maximum Gasteiger partial charge on any atom is 0.243 e. The van der Waals surface area contributed by atoms with Gasteiger partial charge >= 0.3 is 0 Å². The Hall–Kier alpha value is -2.15. The van der Waals surface area contributed by atoms with Crippen molar-refractivity contribution in [2.75, 3.05) is 0 Å². The maximum atomic E-state index is 12.6. The average Bonchev–Trinajstić information content (AvgIpc) is 3.26. The monoisotopic (exact) mass is 345 g/mol. The summed E-state index contributed by atoms with van der Waals surface area (Å²) in [6, 6.07) is 3.68. The molecular weight excluding hydrogens is 318 g/mol. The molecule has 2 aromatic heterocycles. The van der Waals surface area contributed by atoms with Gasteiger partial charge in [0.1, 0.15) is 17.3 Å². The van der Waals surface area contributed by atoms with Gasteiger partial charge in [0.25, 0.3) is 0 Å². The number of carbonyl (C=O) groups excluding carboxylic acids is 1. The summed E-state index contributed by atoms with van der Waals surface area (Å²) >= 11 is 0. The SMILES string of the molecule is C[C@@H](C(=O)N[C@H]1CCCC[C@H]1n1cc(C(C)(C)O)nn1)n1cccc1. The second-order valence-corrected chi connectivity index (χ2v) is 7.42. The van der Waals surface area contributed by atoms with E-state index in [1.165, 1.54) is 0 Å². The number of amides is 1. The lowest BCUT2D eigenvalue weighted by molar-refractivity contribution is -0.125. The zero-order chi connectivity index (χ0) is 18.0. The Kier molecular flexibility index (Phi) is 4.94. The van der Waals surface area contributed by atoms with E-state index >= 15 is 0 Å². The molecule has 0 spiro atoms. The molecule has 1 amide bonds. The van der Waals surface area contributed by atoms with Gasteiger partial charge in [-0.25, -0.2) is 4.68 Å². The first-order valence-electron chi connectivity index (χ1n) is 8.94. The lowest BCUT2D eigenvalue weighted by atomic mass is 9.90. The van der Waals surface area contributed by atoms with Crippen LogP contribution in [0.4, 0.5) is 0 Å². The minimum Gasteiger partial charge on any atom is -0.384 e. The van der Waals surface area contributed by atoms with E-state index in [0.717, 1.165) is 25.7 Å². The number of rotatable bonds is 5. The van der Waals surface area contributed by atoms with Crippen LogP contribution in [-0.2, 0) is 10.4 Å². The van der Waals surface area contributed by atoms with Crippen molar-refractivity contribution >= 4 is 5.91 Å². The normalized spacial score (nSPS) is 22.6. The molecular formula is C18H27N5O2. The van der Waals surface area contributed by atoms with Crippen LogP contribution in [0.5, 0.6) is 0 Å². The first kappa shape index (κ1) is 17.7. The Labute approximate surface area is 148 Å². The third-order valence-corrected chi connectivity index (χ3v) is 4.99. The van der Waals surface area contributed by atoms with Crippen molar-refractivity contribution in [3.05, 3.63) is 36.4 Å². The lowest BCUT2D eigenvalue weighted by Gasteiger charge is -2.33. The molecule has 1 saturated carbocycles. The molecule has 1 aliphatic carbocycles. The van der Waals surface area contributed by atoms with Crippen LogP contribution in [-0.4, -0.2) is 36.6 Å². The Morgan fingerprint density at radius 3 is 2.64 bits per heavy atom. The molecule has 0 aromatic carbocycles. The first-order chi connectivity index (χ1) is 11.9. The van der Waals surface area contributed by atoms with E-state index in [2.05, 4.69) is 15.6 Å². The highest BCUT2D eigenvalue weighted by molar-refractivity contribution is 5.80. The minimum atomic E-state index is -1.02. The molecule has 0 radical (unpaired) electrons. The van der Waals surface area contributed by atoms with Gasteiger partial charge in [0.05, 0.1) is 18.3 Å². The van der Waals surface area contributed by atoms with Gasteiger partial charge in [-0.15, -0.1) is 5.10 Å². The summed E-state index contributed by atoms with van der Waals surface area (Å²) in [7, 11) is 0.